The molecule has 0 unspecified atom stereocenters. The number of esters is 1. The van der Waals surface area contributed by atoms with E-state index in [1.807, 2.05) is 33.8 Å². The Kier molecular flexibility index (Phi) is 8.78. The number of carbonyl (C=O) groups excluding carboxylic acids is 3. The minimum atomic E-state index is -0.854. The Hall–Kier alpha value is -2.57. The van der Waals surface area contributed by atoms with Crippen molar-refractivity contribution in [3.63, 3.8) is 0 Å². The number of hydrogen-bond acceptors (Lipinski definition) is 4. The minimum absolute atomic E-state index is 0.00636. The first kappa shape index (κ1) is 22.5. The van der Waals surface area contributed by atoms with Gasteiger partial charge in [-0.15, -0.1) is 0 Å². The maximum atomic E-state index is 12.4. The van der Waals surface area contributed by atoms with Crippen molar-refractivity contribution in [2.75, 3.05) is 11.9 Å². The molecule has 0 aliphatic carbocycles. The molecule has 2 N–H and O–H groups in total. The minimum Gasteiger partial charge on any atom is -0.454 e. The van der Waals surface area contributed by atoms with Gasteiger partial charge in [-0.25, -0.2) is 9.59 Å². The molecule has 0 bridgehead atoms. The Morgan fingerprint density at radius 3 is 2.00 bits per heavy atom. The van der Waals surface area contributed by atoms with Crippen LogP contribution in [0, 0.1) is 5.92 Å². The van der Waals surface area contributed by atoms with Crippen molar-refractivity contribution in [3.8, 4) is 0 Å². The first-order valence-electron chi connectivity index (χ1n) is 9.23. The van der Waals surface area contributed by atoms with Gasteiger partial charge in [0.1, 0.15) is 6.04 Å². The molecular formula is C20H31N3O4. The molecule has 150 valence electrons. The lowest BCUT2D eigenvalue weighted by atomic mass is 10.1. The van der Waals surface area contributed by atoms with Gasteiger partial charge in [-0.05, 0) is 45.7 Å². The highest BCUT2D eigenvalue weighted by molar-refractivity contribution is 5.93. The third-order valence-electron chi connectivity index (χ3n) is 3.98. The standard InChI is InChI=1S/C20H31N3O4/c1-13(2)18(22-20(26)21-16-10-8-7-9-11-16)19(25)27-12-17(24)23(14(3)4)15(5)6/h7-11,13-15,18H,12H2,1-6H3,(H2,21,22,26)/t18-/m0/s1. The van der Waals surface area contributed by atoms with Crippen molar-refractivity contribution in [1.29, 1.82) is 0 Å². The summed E-state index contributed by atoms with van der Waals surface area (Å²) < 4.78 is 5.19. The SMILES string of the molecule is CC(C)[C@H](NC(=O)Nc1ccccc1)C(=O)OCC(=O)N(C(C)C)C(C)C. The van der Waals surface area contributed by atoms with Crippen LogP contribution in [0.3, 0.4) is 0 Å². The Morgan fingerprint density at radius 2 is 1.52 bits per heavy atom. The summed E-state index contributed by atoms with van der Waals surface area (Å²) in [6, 6.07) is 7.57. The molecule has 0 aromatic heterocycles. The molecule has 27 heavy (non-hydrogen) atoms. The first-order valence-corrected chi connectivity index (χ1v) is 9.23. The number of hydrogen-bond donors (Lipinski definition) is 2. The number of amides is 3. The van der Waals surface area contributed by atoms with E-state index < -0.39 is 18.0 Å². The quantitative estimate of drug-likeness (QED) is 0.682. The lowest BCUT2D eigenvalue weighted by Crippen LogP contribution is -2.49. The molecule has 0 heterocycles. The average molecular weight is 377 g/mol. The molecule has 7 nitrogen and oxygen atoms in total. The molecule has 1 aromatic carbocycles. The maximum absolute atomic E-state index is 12.4. The highest BCUT2D eigenvalue weighted by Gasteiger charge is 2.28. The van der Waals surface area contributed by atoms with Gasteiger partial charge in [-0.2, -0.15) is 0 Å². The van der Waals surface area contributed by atoms with Crippen molar-refractivity contribution in [2.45, 2.75) is 59.7 Å². The fraction of sp³-hybridized carbons (Fsp3) is 0.550. The molecule has 1 aromatic rings. The Bertz CT molecular complexity index is 621. The lowest BCUT2D eigenvalue weighted by Gasteiger charge is -2.30. The van der Waals surface area contributed by atoms with Crippen LogP contribution in [0.25, 0.3) is 0 Å². The summed E-state index contributed by atoms with van der Waals surface area (Å²) in [6.45, 7) is 10.9. The van der Waals surface area contributed by atoms with Gasteiger partial charge in [0.2, 0.25) is 0 Å². The molecule has 0 spiro atoms. The predicted octanol–water partition coefficient (Wildman–Crippen LogP) is 3.02. The maximum Gasteiger partial charge on any atom is 0.329 e. The van der Waals surface area contributed by atoms with Gasteiger partial charge in [0.25, 0.3) is 5.91 Å². The summed E-state index contributed by atoms with van der Waals surface area (Å²) in [5.74, 6) is -1.08. The van der Waals surface area contributed by atoms with Crippen molar-refractivity contribution in [3.05, 3.63) is 30.3 Å². The Balaban J connectivity index is 2.65. The van der Waals surface area contributed by atoms with Crippen LogP contribution in [0.1, 0.15) is 41.5 Å². The largest absolute Gasteiger partial charge is 0.454 e. The third kappa shape index (κ3) is 7.29. The van der Waals surface area contributed by atoms with Crippen LogP contribution in [-0.2, 0) is 14.3 Å². The van der Waals surface area contributed by atoms with Crippen molar-refractivity contribution in [2.24, 2.45) is 5.92 Å². The van der Waals surface area contributed by atoms with Crippen LogP contribution in [0.2, 0.25) is 0 Å². The molecule has 1 atom stereocenters. The van der Waals surface area contributed by atoms with E-state index in [-0.39, 0.29) is 30.5 Å². The van der Waals surface area contributed by atoms with Crippen molar-refractivity contribution < 1.29 is 19.1 Å². The van der Waals surface area contributed by atoms with Crippen LogP contribution in [0.4, 0.5) is 10.5 Å². The van der Waals surface area contributed by atoms with E-state index >= 15 is 0 Å². The fourth-order valence-electron chi connectivity index (χ4n) is 2.80. The van der Waals surface area contributed by atoms with Crippen molar-refractivity contribution >= 4 is 23.6 Å². The van der Waals surface area contributed by atoms with Gasteiger partial charge < -0.3 is 20.3 Å². The zero-order valence-electron chi connectivity index (χ0n) is 17.0. The van der Waals surface area contributed by atoms with E-state index in [9.17, 15) is 14.4 Å². The monoisotopic (exact) mass is 377 g/mol. The second kappa shape index (κ2) is 10.5. The first-order chi connectivity index (χ1) is 12.6. The topological polar surface area (TPSA) is 87.7 Å². The molecule has 7 heteroatoms. The number of anilines is 1. The van der Waals surface area contributed by atoms with Crippen LogP contribution < -0.4 is 10.6 Å². The summed E-state index contributed by atoms with van der Waals surface area (Å²) in [6.07, 6.45) is 0. The number of carbonyl (C=O) groups is 3. The predicted molar refractivity (Wildman–Crippen MR) is 105 cm³/mol. The van der Waals surface area contributed by atoms with Gasteiger partial charge >= 0.3 is 12.0 Å². The summed E-state index contributed by atoms with van der Waals surface area (Å²) in [5, 5.41) is 5.28. The average Bonchev–Trinajstić information content (AvgIpc) is 2.57. The molecule has 1 rings (SSSR count). The Labute approximate surface area is 161 Å². The van der Waals surface area contributed by atoms with E-state index in [1.165, 1.54) is 0 Å². The second-order valence-electron chi connectivity index (χ2n) is 7.28. The molecule has 0 saturated carbocycles. The molecule has 0 aliphatic heterocycles. The summed E-state index contributed by atoms with van der Waals surface area (Å²) in [5.41, 5.74) is 0.616. The number of nitrogens with one attached hydrogen (secondary N) is 2. The number of rotatable bonds is 8. The van der Waals surface area contributed by atoms with Gasteiger partial charge in [0.05, 0.1) is 0 Å². The number of benzene rings is 1. The fourth-order valence-corrected chi connectivity index (χ4v) is 2.80. The molecule has 0 fully saturated rings. The third-order valence-corrected chi connectivity index (χ3v) is 3.98. The van der Waals surface area contributed by atoms with Gasteiger partial charge in [-0.3, -0.25) is 4.79 Å². The zero-order valence-corrected chi connectivity index (χ0v) is 17.0. The summed E-state index contributed by atoms with van der Waals surface area (Å²) in [7, 11) is 0. The number of ether oxygens (including phenoxy) is 1. The van der Waals surface area contributed by atoms with Crippen molar-refractivity contribution in [1.82, 2.24) is 10.2 Å². The molecule has 0 saturated heterocycles. The Morgan fingerprint density at radius 1 is 0.963 bits per heavy atom. The number of urea groups is 1. The van der Waals surface area contributed by atoms with E-state index in [2.05, 4.69) is 10.6 Å². The van der Waals surface area contributed by atoms with Crippen LogP contribution in [0.15, 0.2) is 30.3 Å². The van der Waals surface area contributed by atoms with Gasteiger partial charge in [0, 0.05) is 17.8 Å². The molecule has 3 amide bonds. The van der Waals surface area contributed by atoms with E-state index in [4.69, 9.17) is 4.74 Å². The zero-order chi connectivity index (χ0) is 20.6. The summed E-state index contributed by atoms with van der Waals surface area (Å²) in [4.78, 5) is 38.6. The van der Waals surface area contributed by atoms with Crippen LogP contribution in [-0.4, -0.2) is 47.5 Å². The van der Waals surface area contributed by atoms with E-state index in [0.717, 1.165) is 0 Å². The highest BCUT2D eigenvalue weighted by atomic mass is 16.5. The van der Waals surface area contributed by atoms with Crippen LogP contribution in [0.5, 0.6) is 0 Å². The van der Waals surface area contributed by atoms with Gasteiger partial charge in [-0.1, -0.05) is 32.0 Å². The summed E-state index contributed by atoms with van der Waals surface area (Å²) >= 11 is 0. The van der Waals surface area contributed by atoms with E-state index in [0.29, 0.717) is 5.69 Å². The van der Waals surface area contributed by atoms with E-state index in [1.54, 1.807) is 43.0 Å². The second-order valence-corrected chi connectivity index (χ2v) is 7.28. The number of para-hydroxylation sites is 1. The highest BCUT2D eigenvalue weighted by Crippen LogP contribution is 2.09. The normalized spacial score (nSPS) is 12.0. The number of nitrogens with zero attached hydrogens (tertiary/aromatic N) is 1. The molecule has 0 radical (unpaired) electrons. The van der Waals surface area contributed by atoms with Gasteiger partial charge in [0.15, 0.2) is 6.61 Å². The smallest absolute Gasteiger partial charge is 0.329 e. The molecule has 0 aliphatic rings. The molecular weight excluding hydrogens is 346 g/mol. The van der Waals surface area contributed by atoms with Crippen LogP contribution >= 0.6 is 0 Å². The lowest BCUT2D eigenvalue weighted by molar-refractivity contribution is -0.155.